The van der Waals surface area contributed by atoms with Crippen molar-refractivity contribution in [3.63, 3.8) is 0 Å². The van der Waals surface area contributed by atoms with Crippen LogP contribution >= 0.6 is 15.9 Å². The summed E-state index contributed by atoms with van der Waals surface area (Å²) in [5.41, 5.74) is 2.98. The largest absolute Gasteiger partial charge is 0.378 e. The molecule has 0 radical (unpaired) electrons. The second-order valence-electron chi connectivity index (χ2n) is 5.28. The SMILES string of the molecule is Brc1cccc2c1CCC2NCCC1CCCO1. The van der Waals surface area contributed by atoms with Gasteiger partial charge in [-0.2, -0.15) is 0 Å². The lowest BCUT2D eigenvalue weighted by atomic mass is 10.1. The zero-order valence-electron chi connectivity index (χ0n) is 10.6. The highest BCUT2D eigenvalue weighted by Gasteiger charge is 2.24. The molecule has 3 rings (SSSR count). The van der Waals surface area contributed by atoms with Gasteiger partial charge in [0.25, 0.3) is 0 Å². The van der Waals surface area contributed by atoms with E-state index >= 15 is 0 Å². The second-order valence-corrected chi connectivity index (χ2v) is 6.13. The monoisotopic (exact) mass is 309 g/mol. The molecule has 0 amide bonds. The van der Waals surface area contributed by atoms with E-state index in [9.17, 15) is 0 Å². The van der Waals surface area contributed by atoms with E-state index in [0.29, 0.717) is 12.1 Å². The smallest absolute Gasteiger partial charge is 0.0588 e. The fraction of sp³-hybridized carbons (Fsp3) is 0.600. The minimum atomic E-state index is 0.501. The molecule has 18 heavy (non-hydrogen) atoms. The lowest BCUT2D eigenvalue weighted by molar-refractivity contribution is 0.103. The molecule has 2 atom stereocenters. The van der Waals surface area contributed by atoms with E-state index in [4.69, 9.17) is 4.74 Å². The first kappa shape index (κ1) is 12.6. The van der Waals surface area contributed by atoms with Crippen molar-refractivity contribution < 1.29 is 4.74 Å². The van der Waals surface area contributed by atoms with Crippen molar-refractivity contribution in [3.05, 3.63) is 33.8 Å². The molecule has 2 aliphatic rings. The Morgan fingerprint density at radius 2 is 2.28 bits per heavy atom. The maximum absolute atomic E-state index is 5.66. The van der Waals surface area contributed by atoms with Gasteiger partial charge >= 0.3 is 0 Å². The molecule has 3 heteroatoms. The summed E-state index contributed by atoms with van der Waals surface area (Å²) in [7, 11) is 0. The van der Waals surface area contributed by atoms with Crippen LogP contribution < -0.4 is 5.32 Å². The van der Waals surface area contributed by atoms with Gasteiger partial charge in [0.15, 0.2) is 0 Å². The van der Waals surface area contributed by atoms with E-state index in [2.05, 4.69) is 39.4 Å². The van der Waals surface area contributed by atoms with Gasteiger partial charge in [0.2, 0.25) is 0 Å². The number of hydrogen-bond acceptors (Lipinski definition) is 2. The van der Waals surface area contributed by atoms with Crippen LogP contribution in [0.4, 0.5) is 0 Å². The first-order valence-electron chi connectivity index (χ1n) is 6.97. The molecular formula is C15H20BrNO. The molecule has 1 aromatic rings. The van der Waals surface area contributed by atoms with E-state index in [1.165, 1.54) is 41.3 Å². The van der Waals surface area contributed by atoms with E-state index in [1.54, 1.807) is 0 Å². The molecule has 0 spiro atoms. The quantitative estimate of drug-likeness (QED) is 0.917. The van der Waals surface area contributed by atoms with Crippen molar-refractivity contribution in [2.75, 3.05) is 13.2 Å². The fourth-order valence-electron chi connectivity index (χ4n) is 3.11. The van der Waals surface area contributed by atoms with Crippen molar-refractivity contribution in [1.82, 2.24) is 5.32 Å². The Kier molecular flexibility index (Phi) is 4.02. The summed E-state index contributed by atoms with van der Waals surface area (Å²) in [5.74, 6) is 0. The van der Waals surface area contributed by atoms with Crippen LogP contribution in [0.5, 0.6) is 0 Å². The van der Waals surface area contributed by atoms with Gasteiger partial charge in [-0.25, -0.2) is 0 Å². The maximum atomic E-state index is 5.66. The van der Waals surface area contributed by atoms with Crippen LogP contribution in [-0.4, -0.2) is 19.3 Å². The molecular weight excluding hydrogens is 290 g/mol. The Labute approximate surface area is 117 Å². The first-order chi connectivity index (χ1) is 8.84. The zero-order chi connectivity index (χ0) is 12.4. The molecule has 0 bridgehead atoms. The van der Waals surface area contributed by atoms with Crippen molar-refractivity contribution >= 4 is 15.9 Å². The van der Waals surface area contributed by atoms with Gasteiger partial charge in [-0.15, -0.1) is 0 Å². The molecule has 1 aliphatic carbocycles. The van der Waals surface area contributed by atoms with Crippen molar-refractivity contribution in [3.8, 4) is 0 Å². The molecule has 1 aromatic carbocycles. The van der Waals surface area contributed by atoms with Crippen LogP contribution in [0.15, 0.2) is 22.7 Å². The average molecular weight is 310 g/mol. The summed E-state index contributed by atoms with van der Waals surface area (Å²) in [4.78, 5) is 0. The van der Waals surface area contributed by atoms with Crippen LogP contribution in [-0.2, 0) is 11.2 Å². The van der Waals surface area contributed by atoms with Gasteiger partial charge < -0.3 is 10.1 Å². The minimum Gasteiger partial charge on any atom is -0.378 e. The Balaban J connectivity index is 1.54. The number of hydrogen-bond donors (Lipinski definition) is 1. The molecule has 0 aromatic heterocycles. The molecule has 1 saturated heterocycles. The number of nitrogens with one attached hydrogen (secondary N) is 1. The van der Waals surface area contributed by atoms with Crippen LogP contribution in [0.3, 0.4) is 0 Å². The van der Waals surface area contributed by atoms with Crippen LogP contribution in [0, 0.1) is 0 Å². The molecule has 0 saturated carbocycles. The number of ether oxygens (including phenoxy) is 1. The Bertz CT molecular complexity index is 415. The standard InChI is InChI=1S/C15H20BrNO/c16-14-5-1-4-13-12(14)6-7-15(13)17-9-8-11-3-2-10-18-11/h1,4-5,11,15,17H,2-3,6-10H2. The lowest BCUT2D eigenvalue weighted by Crippen LogP contribution is -2.23. The summed E-state index contributed by atoms with van der Waals surface area (Å²) in [6.07, 6.45) is 6.55. The van der Waals surface area contributed by atoms with Gasteiger partial charge in [-0.3, -0.25) is 0 Å². The zero-order valence-corrected chi connectivity index (χ0v) is 12.2. The third kappa shape index (κ3) is 2.63. The van der Waals surface area contributed by atoms with Crippen molar-refractivity contribution in [2.24, 2.45) is 0 Å². The second kappa shape index (κ2) is 5.72. The van der Waals surface area contributed by atoms with E-state index in [-0.39, 0.29) is 0 Å². The third-order valence-electron chi connectivity index (χ3n) is 4.09. The predicted molar refractivity (Wildman–Crippen MR) is 76.8 cm³/mol. The van der Waals surface area contributed by atoms with Gasteiger partial charge in [0.05, 0.1) is 6.10 Å². The number of rotatable bonds is 4. The summed E-state index contributed by atoms with van der Waals surface area (Å²) < 4.78 is 6.93. The summed E-state index contributed by atoms with van der Waals surface area (Å²) in [6.45, 7) is 2.03. The van der Waals surface area contributed by atoms with Crippen LogP contribution in [0.25, 0.3) is 0 Å². The molecule has 1 fully saturated rings. The predicted octanol–water partition coefficient (Wildman–Crippen LogP) is 3.60. The van der Waals surface area contributed by atoms with Gasteiger partial charge in [0, 0.05) is 17.1 Å². The molecule has 1 aliphatic heterocycles. The number of halogens is 1. The lowest BCUT2D eigenvalue weighted by Gasteiger charge is -2.16. The Morgan fingerprint density at radius 1 is 1.33 bits per heavy atom. The Hall–Kier alpha value is -0.380. The van der Waals surface area contributed by atoms with Crippen LogP contribution in [0.2, 0.25) is 0 Å². The third-order valence-corrected chi connectivity index (χ3v) is 4.84. The highest BCUT2D eigenvalue weighted by molar-refractivity contribution is 9.10. The maximum Gasteiger partial charge on any atom is 0.0588 e. The molecule has 1 N–H and O–H groups in total. The van der Waals surface area contributed by atoms with Crippen LogP contribution in [0.1, 0.15) is 42.9 Å². The van der Waals surface area contributed by atoms with Gasteiger partial charge in [-0.1, -0.05) is 28.1 Å². The van der Waals surface area contributed by atoms with Gasteiger partial charge in [-0.05, 0) is 55.8 Å². The summed E-state index contributed by atoms with van der Waals surface area (Å²) in [5, 5.41) is 3.69. The van der Waals surface area contributed by atoms with E-state index in [0.717, 1.165) is 19.6 Å². The molecule has 2 nitrogen and oxygen atoms in total. The minimum absolute atomic E-state index is 0.501. The molecule has 1 heterocycles. The first-order valence-corrected chi connectivity index (χ1v) is 7.76. The van der Waals surface area contributed by atoms with Crippen molar-refractivity contribution in [1.29, 1.82) is 0 Å². The van der Waals surface area contributed by atoms with E-state index < -0.39 is 0 Å². The topological polar surface area (TPSA) is 21.3 Å². The number of benzene rings is 1. The van der Waals surface area contributed by atoms with Crippen molar-refractivity contribution in [2.45, 2.75) is 44.2 Å². The van der Waals surface area contributed by atoms with E-state index in [1.807, 2.05) is 0 Å². The Morgan fingerprint density at radius 3 is 3.11 bits per heavy atom. The fourth-order valence-corrected chi connectivity index (χ4v) is 3.69. The number of fused-ring (bicyclic) bond motifs is 1. The summed E-state index contributed by atoms with van der Waals surface area (Å²) >= 11 is 3.65. The highest BCUT2D eigenvalue weighted by Crippen LogP contribution is 2.35. The molecule has 2 unspecified atom stereocenters. The molecule has 98 valence electrons. The van der Waals surface area contributed by atoms with Gasteiger partial charge in [0.1, 0.15) is 0 Å². The normalized spacial score (nSPS) is 26.5. The highest BCUT2D eigenvalue weighted by atomic mass is 79.9. The average Bonchev–Trinajstić information content (AvgIpc) is 3.00. The summed E-state index contributed by atoms with van der Waals surface area (Å²) in [6, 6.07) is 7.09.